The molecule has 2 rings (SSSR count). The Morgan fingerprint density at radius 1 is 1.12 bits per heavy atom. The molecule has 25 heavy (non-hydrogen) atoms. The highest BCUT2D eigenvalue weighted by Gasteiger charge is 2.14. The van der Waals surface area contributed by atoms with Crippen LogP contribution in [0.2, 0.25) is 0 Å². The molecule has 2 amide bonds. The normalized spacial score (nSPS) is 10.4. The van der Waals surface area contributed by atoms with Crippen molar-refractivity contribution in [2.24, 2.45) is 0 Å². The molecule has 0 aliphatic rings. The van der Waals surface area contributed by atoms with Gasteiger partial charge >= 0.3 is 0 Å². The second kappa shape index (κ2) is 8.62. The van der Waals surface area contributed by atoms with Gasteiger partial charge in [0.25, 0.3) is 5.91 Å². The Hall–Kier alpha value is -2.41. The Morgan fingerprint density at radius 2 is 1.76 bits per heavy atom. The first-order chi connectivity index (χ1) is 12.0. The quantitative estimate of drug-likeness (QED) is 0.613. The maximum atomic E-state index is 12.3. The third kappa shape index (κ3) is 4.79. The van der Waals surface area contributed by atoms with Crippen LogP contribution in [0.25, 0.3) is 0 Å². The maximum absolute atomic E-state index is 12.3. The Balaban J connectivity index is 2.06. The largest absolute Gasteiger partial charge is 0.355 e. The lowest BCUT2D eigenvalue weighted by atomic mass is 10.1. The number of aromatic nitrogens is 2. The molecule has 0 aliphatic carbocycles. The summed E-state index contributed by atoms with van der Waals surface area (Å²) in [6.07, 6.45) is 2.79. The smallest absolute Gasteiger partial charge is 0.253 e. The van der Waals surface area contributed by atoms with Crippen molar-refractivity contribution in [2.75, 3.05) is 18.6 Å². The number of aryl methyl sites for hydroxylation is 2. The first-order valence-corrected chi connectivity index (χ1v) is 9.17. The Bertz CT molecular complexity index is 769. The van der Waals surface area contributed by atoms with E-state index in [-0.39, 0.29) is 11.8 Å². The predicted octanol–water partition coefficient (Wildman–Crippen LogP) is 2.75. The van der Waals surface area contributed by atoms with Crippen LogP contribution in [0, 0.1) is 13.8 Å². The first kappa shape index (κ1) is 18.9. The minimum Gasteiger partial charge on any atom is -0.355 e. The third-order valence-corrected chi connectivity index (χ3v) is 4.41. The number of hydrogen-bond acceptors (Lipinski definition) is 5. The molecule has 1 heterocycles. The van der Waals surface area contributed by atoms with Gasteiger partial charge in [-0.15, -0.1) is 0 Å². The fraction of sp³-hybridized carbons (Fsp3) is 0.333. The second-order valence-corrected chi connectivity index (χ2v) is 6.31. The molecule has 0 aliphatic heterocycles. The molecule has 0 spiro atoms. The summed E-state index contributed by atoms with van der Waals surface area (Å²) in [6.45, 7) is 3.87. The van der Waals surface area contributed by atoms with E-state index >= 15 is 0 Å². The molecule has 0 saturated heterocycles. The second-order valence-electron chi connectivity index (χ2n) is 5.53. The summed E-state index contributed by atoms with van der Waals surface area (Å²) in [5.74, 6) is -0.382. The standard InChI is InChI=1S/C18H22N4O2S/c1-11-13(12(2)21-18(20-11)25-4)9-10-16(23)22-15-8-6-5-7-14(15)17(24)19-3/h5-8H,9-10H2,1-4H3,(H,19,24)(H,22,23). The van der Waals surface area contributed by atoms with Crippen LogP contribution >= 0.6 is 11.8 Å². The third-order valence-electron chi connectivity index (χ3n) is 3.86. The van der Waals surface area contributed by atoms with Gasteiger partial charge in [0, 0.05) is 24.9 Å². The lowest BCUT2D eigenvalue weighted by Gasteiger charge is -2.12. The van der Waals surface area contributed by atoms with Crippen molar-refractivity contribution in [3.63, 3.8) is 0 Å². The van der Waals surface area contributed by atoms with Crippen molar-refractivity contribution in [1.82, 2.24) is 15.3 Å². The molecule has 1 aromatic heterocycles. The van der Waals surface area contributed by atoms with Crippen LogP contribution in [-0.4, -0.2) is 35.1 Å². The van der Waals surface area contributed by atoms with Gasteiger partial charge in [-0.05, 0) is 44.2 Å². The van der Waals surface area contributed by atoms with Gasteiger partial charge in [-0.2, -0.15) is 0 Å². The molecular formula is C18H22N4O2S. The van der Waals surface area contributed by atoms with E-state index in [0.717, 1.165) is 22.1 Å². The summed E-state index contributed by atoms with van der Waals surface area (Å²) in [5.41, 5.74) is 3.74. The minimum absolute atomic E-state index is 0.149. The van der Waals surface area contributed by atoms with E-state index in [1.54, 1.807) is 31.3 Å². The number of rotatable bonds is 6. The SMILES string of the molecule is CNC(=O)c1ccccc1NC(=O)CCc1c(C)nc(SC)nc1C. The molecule has 0 radical (unpaired) electrons. The highest BCUT2D eigenvalue weighted by molar-refractivity contribution is 7.98. The molecule has 6 nitrogen and oxygen atoms in total. The molecule has 0 bridgehead atoms. The summed E-state index contributed by atoms with van der Waals surface area (Å²) >= 11 is 1.50. The lowest BCUT2D eigenvalue weighted by molar-refractivity contribution is -0.116. The number of thioether (sulfide) groups is 1. The minimum atomic E-state index is -0.233. The Labute approximate surface area is 151 Å². The van der Waals surface area contributed by atoms with Crippen molar-refractivity contribution in [3.8, 4) is 0 Å². The van der Waals surface area contributed by atoms with E-state index in [1.165, 1.54) is 11.8 Å². The number of para-hydroxylation sites is 1. The molecule has 2 N–H and O–H groups in total. The number of carbonyl (C=O) groups is 2. The maximum Gasteiger partial charge on any atom is 0.253 e. The average molecular weight is 358 g/mol. The fourth-order valence-corrected chi connectivity index (χ4v) is 2.99. The molecule has 0 atom stereocenters. The molecule has 0 saturated carbocycles. The predicted molar refractivity (Wildman–Crippen MR) is 100 cm³/mol. The van der Waals surface area contributed by atoms with Crippen molar-refractivity contribution in [1.29, 1.82) is 0 Å². The van der Waals surface area contributed by atoms with E-state index in [9.17, 15) is 9.59 Å². The van der Waals surface area contributed by atoms with Crippen LogP contribution in [0.5, 0.6) is 0 Å². The molecule has 2 aromatic rings. The van der Waals surface area contributed by atoms with Crippen LogP contribution in [0.1, 0.15) is 33.7 Å². The number of nitrogens with zero attached hydrogens (tertiary/aromatic N) is 2. The number of benzene rings is 1. The molecule has 1 aromatic carbocycles. The topological polar surface area (TPSA) is 84.0 Å². The van der Waals surface area contributed by atoms with Gasteiger partial charge in [0.05, 0.1) is 11.3 Å². The highest BCUT2D eigenvalue weighted by Crippen LogP contribution is 2.18. The monoisotopic (exact) mass is 358 g/mol. The number of amides is 2. The van der Waals surface area contributed by atoms with Crippen molar-refractivity contribution < 1.29 is 9.59 Å². The van der Waals surface area contributed by atoms with Gasteiger partial charge in [-0.25, -0.2) is 9.97 Å². The summed E-state index contributed by atoms with van der Waals surface area (Å²) < 4.78 is 0. The van der Waals surface area contributed by atoms with Crippen molar-refractivity contribution >= 4 is 29.3 Å². The zero-order valence-electron chi connectivity index (χ0n) is 14.8. The average Bonchev–Trinajstić information content (AvgIpc) is 2.60. The summed E-state index contributed by atoms with van der Waals surface area (Å²) in [6, 6.07) is 6.94. The van der Waals surface area contributed by atoms with E-state index in [4.69, 9.17) is 0 Å². The molecule has 132 valence electrons. The van der Waals surface area contributed by atoms with E-state index in [0.29, 0.717) is 24.1 Å². The van der Waals surface area contributed by atoms with Gasteiger partial charge in [0.15, 0.2) is 5.16 Å². The zero-order valence-corrected chi connectivity index (χ0v) is 15.7. The number of hydrogen-bond donors (Lipinski definition) is 2. The van der Waals surface area contributed by atoms with E-state index < -0.39 is 0 Å². The number of carbonyl (C=O) groups excluding carboxylic acids is 2. The van der Waals surface area contributed by atoms with E-state index in [2.05, 4.69) is 20.6 Å². The number of nitrogens with one attached hydrogen (secondary N) is 2. The lowest BCUT2D eigenvalue weighted by Crippen LogP contribution is -2.21. The van der Waals surface area contributed by atoms with Crippen LogP contribution < -0.4 is 10.6 Å². The molecule has 0 fully saturated rings. The van der Waals surface area contributed by atoms with Gasteiger partial charge in [0.1, 0.15) is 0 Å². The molecule has 7 heteroatoms. The highest BCUT2D eigenvalue weighted by atomic mass is 32.2. The fourth-order valence-electron chi connectivity index (χ4n) is 2.54. The summed E-state index contributed by atoms with van der Waals surface area (Å²) in [4.78, 5) is 33.0. The molecule has 0 unspecified atom stereocenters. The first-order valence-electron chi connectivity index (χ1n) is 7.95. The summed E-state index contributed by atoms with van der Waals surface area (Å²) in [7, 11) is 1.56. The van der Waals surface area contributed by atoms with Crippen LogP contribution in [0.4, 0.5) is 5.69 Å². The van der Waals surface area contributed by atoms with Gasteiger partial charge in [0.2, 0.25) is 5.91 Å². The summed E-state index contributed by atoms with van der Waals surface area (Å²) in [5, 5.41) is 6.12. The van der Waals surface area contributed by atoms with E-state index in [1.807, 2.05) is 20.1 Å². The van der Waals surface area contributed by atoms with Gasteiger partial charge in [-0.1, -0.05) is 23.9 Å². The van der Waals surface area contributed by atoms with Gasteiger partial charge < -0.3 is 10.6 Å². The Morgan fingerprint density at radius 3 is 2.36 bits per heavy atom. The number of anilines is 1. The van der Waals surface area contributed by atoms with Crippen LogP contribution in [0.15, 0.2) is 29.4 Å². The Kier molecular flexibility index (Phi) is 6.52. The van der Waals surface area contributed by atoms with Gasteiger partial charge in [-0.3, -0.25) is 9.59 Å². The molecular weight excluding hydrogens is 336 g/mol. The zero-order chi connectivity index (χ0) is 18.4. The van der Waals surface area contributed by atoms with Crippen molar-refractivity contribution in [3.05, 3.63) is 46.8 Å². The van der Waals surface area contributed by atoms with Crippen LogP contribution in [-0.2, 0) is 11.2 Å². The van der Waals surface area contributed by atoms with Crippen molar-refractivity contribution in [2.45, 2.75) is 31.8 Å². The van der Waals surface area contributed by atoms with Crippen LogP contribution in [0.3, 0.4) is 0 Å².